The molecule has 0 bridgehead atoms. The highest BCUT2D eigenvalue weighted by atomic mass is 16.9. The maximum Gasteiger partial charge on any atom is 0.190 e. The zero-order valence-corrected chi connectivity index (χ0v) is 12.4. The van der Waals surface area contributed by atoms with Crippen molar-refractivity contribution in [3.05, 3.63) is 24.8 Å². The quantitative estimate of drug-likeness (QED) is 0.726. The first-order valence-corrected chi connectivity index (χ1v) is 6.97. The lowest BCUT2D eigenvalue weighted by Crippen LogP contribution is -2.54. The molecular weight excluding hydrogens is 260 g/mol. The van der Waals surface area contributed by atoms with Crippen molar-refractivity contribution in [2.45, 2.75) is 70.0 Å². The fraction of sp³-hybridized carbons (Fsp3) is 0.733. The van der Waals surface area contributed by atoms with Crippen LogP contribution in [0.4, 0.5) is 0 Å². The van der Waals surface area contributed by atoms with Gasteiger partial charge in [-0.3, -0.25) is 0 Å². The van der Waals surface area contributed by atoms with Crippen LogP contribution in [-0.4, -0.2) is 42.3 Å². The molecule has 0 N–H and O–H groups in total. The molecule has 3 heterocycles. The van der Waals surface area contributed by atoms with Crippen molar-refractivity contribution in [1.29, 1.82) is 0 Å². The summed E-state index contributed by atoms with van der Waals surface area (Å²) in [5.41, 5.74) is 0. The second kappa shape index (κ2) is 4.64. The van der Waals surface area contributed by atoms with Crippen LogP contribution in [0.15, 0.2) is 24.8 Å². The minimum Gasteiger partial charge on any atom is -0.342 e. The van der Waals surface area contributed by atoms with Gasteiger partial charge in [0.25, 0.3) is 0 Å². The van der Waals surface area contributed by atoms with E-state index in [0.29, 0.717) is 0 Å². The summed E-state index contributed by atoms with van der Waals surface area (Å²) in [6.45, 7) is 11.2. The van der Waals surface area contributed by atoms with E-state index in [9.17, 15) is 0 Å². The number of hydrogen-bond acceptors (Lipinski definition) is 5. The van der Waals surface area contributed by atoms with Crippen LogP contribution in [-0.2, 0) is 23.7 Å². The highest BCUT2D eigenvalue weighted by Crippen LogP contribution is 2.44. The van der Waals surface area contributed by atoms with E-state index >= 15 is 0 Å². The van der Waals surface area contributed by atoms with Crippen LogP contribution in [0.3, 0.4) is 0 Å². The smallest absolute Gasteiger partial charge is 0.190 e. The Balaban J connectivity index is 1.87. The number of rotatable bonds is 2. The summed E-state index contributed by atoms with van der Waals surface area (Å²) in [5, 5.41) is 0. The van der Waals surface area contributed by atoms with Crippen LogP contribution in [0.5, 0.6) is 0 Å². The molecular formula is C15H22O5. The van der Waals surface area contributed by atoms with E-state index < -0.39 is 17.9 Å². The Hall–Kier alpha value is -0.720. The highest BCUT2D eigenvalue weighted by Gasteiger charge is 2.60. The molecule has 3 fully saturated rings. The molecule has 0 spiro atoms. The topological polar surface area (TPSA) is 46.2 Å². The van der Waals surface area contributed by atoms with Gasteiger partial charge in [0.2, 0.25) is 0 Å². The molecule has 0 aromatic carbocycles. The fourth-order valence-corrected chi connectivity index (χ4v) is 2.99. The molecule has 5 nitrogen and oxygen atoms in total. The third kappa shape index (κ3) is 2.44. The normalized spacial score (nSPS) is 45.3. The van der Waals surface area contributed by atoms with Gasteiger partial charge in [0.15, 0.2) is 17.9 Å². The summed E-state index contributed by atoms with van der Waals surface area (Å²) in [6, 6.07) is 0. The average Bonchev–Trinajstić information content (AvgIpc) is 2.80. The van der Waals surface area contributed by atoms with Crippen molar-refractivity contribution in [3.8, 4) is 0 Å². The summed E-state index contributed by atoms with van der Waals surface area (Å²) in [6.07, 6.45) is 4.11. The molecule has 20 heavy (non-hydrogen) atoms. The van der Waals surface area contributed by atoms with Crippen LogP contribution in [0.1, 0.15) is 27.7 Å². The monoisotopic (exact) mass is 282 g/mol. The third-order valence-corrected chi connectivity index (χ3v) is 3.63. The Morgan fingerprint density at radius 3 is 2.15 bits per heavy atom. The number of ether oxygens (including phenoxy) is 5. The predicted molar refractivity (Wildman–Crippen MR) is 71.9 cm³/mol. The van der Waals surface area contributed by atoms with Gasteiger partial charge in [-0.1, -0.05) is 24.8 Å². The zero-order chi connectivity index (χ0) is 14.5. The molecule has 5 atom stereocenters. The Morgan fingerprint density at radius 1 is 0.850 bits per heavy atom. The Bertz CT molecular complexity index is 428. The first-order chi connectivity index (χ1) is 9.31. The Kier molecular flexibility index (Phi) is 3.30. The molecule has 0 unspecified atom stereocenters. The molecule has 0 aromatic heterocycles. The minimum absolute atomic E-state index is 0.204. The summed E-state index contributed by atoms with van der Waals surface area (Å²) >= 11 is 0. The van der Waals surface area contributed by atoms with Crippen LogP contribution < -0.4 is 0 Å². The fourth-order valence-electron chi connectivity index (χ4n) is 2.99. The van der Waals surface area contributed by atoms with E-state index in [1.54, 1.807) is 6.08 Å². The van der Waals surface area contributed by atoms with Crippen molar-refractivity contribution in [2.75, 3.05) is 0 Å². The van der Waals surface area contributed by atoms with Crippen LogP contribution in [0.2, 0.25) is 0 Å². The maximum absolute atomic E-state index is 6.00. The molecule has 0 saturated carbocycles. The molecule has 112 valence electrons. The van der Waals surface area contributed by atoms with Gasteiger partial charge in [-0.2, -0.15) is 0 Å². The van der Waals surface area contributed by atoms with E-state index in [1.165, 1.54) is 0 Å². The van der Waals surface area contributed by atoms with Gasteiger partial charge in [-0.15, -0.1) is 0 Å². The molecule has 3 aliphatic rings. The summed E-state index contributed by atoms with van der Waals surface area (Å²) in [4.78, 5) is 0. The van der Waals surface area contributed by atoms with Gasteiger partial charge in [-0.05, 0) is 27.7 Å². The van der Waals surface area contributed by atoms with E-state index in [0.717, 1.165) is 0 Å². The molecule has 0 aliphatic carbocycles. The van der Waals surface area contributed by atoms with Gasteiger partial charge < -0.3 is 23.7 Å². The Labute approximate surface area is 119 Å². The molecule has 0 amide bonds. The minimum atomic E-state index is -0.674. The van der Waals surface area contributed by atoms with E-state index in [4.69, 9.17) is 23.7 Å². The number of allylic oxidation sites excluding steroid dienone is 2. The van der Waals surface area contributed by atoms with Crippen LogP contribution >= 0.6 is 0 Å². The first-order valence-electron chi connectivity index (χ1n) is 6.97. The summed E-state index contributed by atoms with van der Waals surface area (Å²) < 4.78 is 29.7. The van der Waals surface area contributed by atoms with Gasteiger partial charge in [-0.25, -0.2) is 0 Å². The van der Waals surface area contributed by atoms with Gasteiger partial charge in [0.05, 0.1) is 0 Å². The van der Waals surface area contributed by atoms with Gasteiger partial charge >= 0.3 is 0 Å². The Morgan fingerprint density at radius 2 is 1.45 bits per heavy atom. The molecule has 0 radical (unpaired) electrons. The molecule has 0 aromatic rings. The molecule has 3 rings (SSSR count). The van der Waals surface area contributed by atoms with E-state index in [2.05, 4.69) is 6.58 Å². The van der Waals surface area contributed by atoms with Crippen molar-refractivity contribution in [3.63, 3.8) is 0 Å². The molecule has 3 aliphatic heterocycles. The van der Waals surface area contributed by atoms with Crippen LogP contribution in [0, 0.1) is 0 Å². The summed E-state index contributed by atoms with van der Waals surface area (Å²) in [5.74, 6) is -1.32. The molecule has 5 heteroatoms. The van der Waals surface area contributed by atoms with Crippen molar-refractivity contribution >= 4 is 0 Å². The third-order valence-electron chi connectivity index (χ3n) is 3.63. The summed E-state index contributed by atoms with van der Waals surface area (Å²) in [7, 11) is 0. The van der Waals surface area contributed by atoms with Crippen LogP contribution in [0.25, 0.3) is 0 Å². The van der Waals surface area contributed by atoms with Crippen molar-refractivity contribution in [1.82, 2.24) is 0 Å². The number of fused-ring (bicyclic) bond motifs is 3. The standard InChI is InChI=1S/C15H22O5/c1-6-7-8-9-10-11(18-14(2,3)17-10)12-13(16-9)20-15(4,5)19-12/h6-13H,1H2,2-5H3/b8-7+/t9-,10+,11+,12-,13-/m1/s1. The van der Waals surface area contributed by atoms with Crippen molar-refractivity contribution in [2.24, 2.45) is 0 Å². The predicted octanol–water partition coefficient (Wildman–Crippen LogP) is 2.13. The van der Waals surface area contributed by atoms with Gasteiger partial charge in [0, 0.05) is 0 Å². The lowest BCUT2D eigenvalue weighted by molar-refractivity contribution is -0.222. The SMILES string of the molecule is C=C/C=C/[C@H]1O[C@@H]2OC(C)(C)O[C@@H]2[C@H]2OC(C)(C)O[C@H]21. The van der Waals surface area contributed by atoms with E-state index in [-0.39, 0.29) is 24.4 Å². The second-order valence-corrected chi connectivity index (χ2v) is 6.25. The van der Waals surface area contributed by atoms with Crippen molar-refractivity contribution < 1.29 is 23.7 Å². The maximum atomic E-state index is 6.00. The second-order valence-electron chi connectivity index (χ2n) is 6.25. The largest absolute Gasteiger partial charge is 0.342 e. The van der Waals surface area contributed by atoms with E-state index in [1.807, 2.05) is 39.8 Å². The number of hydrogen-bond donors (Lipinski definition) is 0. The molecule has 3 saturated heterocycles. The lowest BCUT2D eigenvalue weighted by atomic mass is 9.98. The lowest BCUT2D eigenvalue weighted by Gasteiger charge is -2.35. The zero-order valence-electron chi connectivity index (χ0n) is 12.4. The first kappa shape index (κ1) is 14.2. The highest BCUT2D eigenvalue weighted by molar-refractivity contribution is 5.10. The van der Waals surface area contributed by atoms with Gasteiger partial charge in [0.1, 0.15) is 24.4 Å². The average molecular weight is 282 g/mol.